The number of hydrogen-bond donors (Lipinski definition) is 0. The molecule has 35 heavy (non-hydrogen) atoms. The van der Waals surface area contributed by atoms with Crippen LogP contribution in [0.15, 0.2) is 47.4 Å². The van der Waals surface area contributed by atoms with Gasteiger partial charge in [0.15, 0.2) is 5.13 Å². The molecule has 1 aliphatic heterocycles. The molecule has 8 nitrogen and oxygen atoms in total. The van der Waals surface area contributed by atoms with Gasteiger partial charge in [0.25, 0.3) is 5.91 Å². The zero-order valence-corrected chi connectivity index (χ0v) is 22.1. The fourth-order valence-corrected chi connectivity index (χ4v) is 6.27. The third-order valence-corrected chi connectivity index (χ3v) is 9.08. The molecule has 4 rings (SSSR count). The fourth-order valence-electron chi connectivity index (χ4n) is 4.02. The second-order valence-corrected chi connectivity index (χ2v) is 11.6. The van der Waals surface area contributed by atoms with Crippen molar-refractivity contribution in [1.29, 1.82) is 0 Å². The van der Waals surface area contributed by atoms with Crippen LogP contribution in [0.5, 0.6) is 5.75 Å². The monoisotopic (exact) mass is 516 g/mol. The highest BCUT2D eigenvalue weighted by Crippen LogP contribution is 2.32. The third kappa shape index (κ3) is 5.60. The summed E-state index contributed by atoms with van der Waals surface area (Å²) in [7, 11) is -1.96. The van der Waals surface area contributed by atoms with Gasteiger partial charge in [-0.1, -0.05) is 24.7 Å². The predicted molar refractivity (Wildman–Crippen MR) is 140 cm³/mol. The summed E-state index contributed by atoms with van der Waals surface area (Å²) in [5.74, 6) is 0.760. The Morgan fingerprint density at radius 2 is 1.80 bits per heavy atom. The van der Waals surface area contributed by atoms with Crippen LogP contribution in [0.3, 0.4) is 0 Å². The van der Waals surface area contributed by atoms with Crippen molar-refractivity contribution in [2.75, 3.05) is 51.3 Å². The Labute approximate surface area is 211 Å². The number of thiazole rings is 1. The van der Waals surface area contributed by atoms with E-state index in [1.807, 2.05) is 36.9 Å². The number of fused-ring (bicyclic) bond motifs is 1. The van der Waals surface area contributed by atoms with Crippen molar-refractivity contribution in [2.24, 2.45) is 0 Å². The lowest BCUT2D eigenvalue weighted by molar-refractivity contribution is 0.0746. The topological polar surface area (TPSA) is 83.1 Å². The first-order valence-electron chi connectivity index (χ1n) is 12.0. The lowest BCUT2D eigenvalue weighted by Crippen LogP contribution is -2.48. The summed E-state index contributed by atoms with van der Waals surface area (Å²) in [6, 6.07) is 12.2. The van der Waals surface area contributed by atoms with E-state index < -0.39 is 10.0 Å². The van der Waals surface area contributed by atoms with Crippen LogP contribution in [0, 0.1) is 0 Å². The van der Waals surface area contributed by atoms with Gasteiger partial charge in [-0.2, -0.15) is 0 Å². The number of anilines is 1. The SMILES string of the molecule is CCCCN(C)S(=O)(=O)c1ccc(C(=O)N2CCN(c3nc4ccc(OCC)cc4s3)CC2)cc1. The molecule has 2 aromatic carbocycles. The highest BCUT2D eigenvalue weighted by molar-refractivity contribution is 7.89. The minimum Gasteiger partial charge on any atom is -0.494 e. The standard InChI is InChI=1S/C25H32N4O4S2/c1-4-6-13-27(3)35(31,32)21-10-7-19(8-11-21)24(30)28-14-16-29(17-15-28)25-26-22-12-9-20(33-5-2)18-23(22)34-25/h7-12,18H,4-6,13-17H2,1-3H3. The average Bonchev–Trinajstić information content (AvgIpc) is 3.30. The number of rotatable bonds is 9. The van der Waals surface area contributed by atoms with Gasteiger partial charge in [0.1, 0.15) is 5.75 Å². The normalized spacial score (nSPS) is 14.6. The number of sulfonamides is 1. The molecule has 0 saturated carbocycles. The lowest BCUT2D eigenvalue weighted by Gasteiger charge is -2.34. The van der Waals surface area contributed by atoms with Crippen molar-refractivity contribution >= 4 is 42.6 Å². The number of piperazine rings is 1. The van der Waals surface area contributed by atoms with E-state index in [1.165, 1.54) is 16.4 Å². The molecule has 1 saturated heterocycles. The second kappa shape index (κ2) is 10.9. The van der Waals surface area contributed by atoms with Crippen molar-refractivity contribution in [3.63, 3.8) is 0 Å². The molecular formula is C25H32N4O4S2. The highest BCUT2D eigenvalue weighted by Gasteiger charge is 2.25. The van der Waals surface area contributed by atoms with E-state index in [1.54, 1.807) is 30.5 Å². The van der Waals surface area contributed by atoms with Crippen molar-refractivity contribution < 1.29 is 17.9 Å². The Morgan fingerprint density at radius 3 is 2.46 bits per heavy atom. The molecule has 10 heteroatoms. The number of nitrogens with zero attached hydrogens (tertiary/aromatic N) is 4. The van der Waals surface area contributed by atoms with Gasteiger partial charge >= 0.3 is 0 Å². The Hall–Kier alpha value is -2.69. The zero-order chi connectivity index (χ0) is 25.0. The van der Waals surface area contributed by atoms with Crippen LogP contribution in [-0.2, 0) is 10.0 Å². The number of ether oxygens (including phenoxy) is 1. The van der Waals surface area contributed by atoms with Crippen molar-refractivity contribution in [3.8, 4) is 5.75 Å². The summed E-state index contributed by atoms with van der Waals surface area (Å²) in [6.07, 6.45) is 1.73. The van der Waals surface area contributed by atoms with E-state index in [9.17, 15) is 13.2 Å². The molecule has 0 N–H and O–H groups in total. The number of amides is 1. The van der Waals surface area contributed by atoms with Crippen LogP contribution in [0.4, 0.5) is 5.13 Å². The molecule has 0 aliphatic carbocycles. The van der Waals surface area contributed by atoms with Gasteiger partial charge in [-0.3, -0.25) is 4.79 Å². The first-order chi connectivity index (χ1) is 16.8. The first-order valence-corrected chi connectivity index (χ1v) is 14.2. The van der Waals surface area contributed by atoms with Gasteiger partial charge < -0.3 is 14.5 Å². The number of unbranched alkanes of at least 4 members (excludes halogenated alkanes) is 1. The molecule has 0 atom stereocenters. The molecule has 1 amide bonds. The van der Waals surface area contributed by atoms with Gasteiger partial charge in [-0.15, -0.1) is 0 Å². The summed E-state index contributed by atoms with van der Waals surface area (Å²) in [4.78, 5) is 22.0. The number of aromatic nitrogens is 1. The van der Waals surface area contributed by atoms with Crippen molar-refractivity contribution in [1.82, 2.24) is 14.2 Å². The van der Waals surface area contributed by atoms with Crippen molar-refractivity contribution in [2.45, 2.75) is 31.6 Å². The third-order valence-electron chi connectivity index (χ3n) is 6.13. The molecule has 1 aliphatic rings. The summed E-state index contributed by atoms with van der Waals surface area (Å²) < 4.78 is 33.5. The first kappa shape index (κ1) is 25.4. The molecular weight excluding hydrogens is 484 g/mol. The van der Waals surface area contributed by atoms with E-state index >= 15 is 0 Å². The maximum atomic E-state index is 13.0. The molecule has 0 radical (unpaired) electrons. The second-order valence-electron chi connectivity index (χ2n) is 8.54. The van der Waals surface area contributed by atoms with Gasteiger partial charge in [0.2, 0.25) is 10.0 Å². The minimum absolute atomic E-state index is 0.0846. The Bertz CT molecular complexity index is 1270. The predicted octanol–water partition coefficient (Wildman–Crippen LogP) is 4.08. The Kier molecular flexibility index (Phi) is 7.93. The van der Waals surface area contributed by atoms with Crippen LogP contribution in [0.2, 0.25) is 0 Å². The highest BCUT2D eigenvalue weighted by atomic mass is 32.2. The Morgan fingerprint density at radius 1 is 1.09 bits per heavy atom. The summed E-state index contributed by atoms with van der Waals surface area (Å²) in [5, 5.41) is 0.947. The molecule has 0 bridgehead atoms. The molecule has 2 heterocycles. The molecule has 0 spiro atoms. The molecule has 1 fully saturated rings. The van der Waals surface area contributed by atoms with Gasteiger partial charge in [-0.25, -0.2) is 17.7 Å². The van der Waals surface area contributed by atoms with E-state index in [-0.39, 0.29) is 10.8 Å². The number of carbonyl (C=O) groups is 1. The van der Waals surface area contributed by atoms with Crippen LogP contribution in [-0.4, -0.2) is 74.9 Å². The zero-order valence-electron chi connectivity index (χ0n) is 20.4. The van der Waals surface area contributed by atoms with Crippen LogP contribution < -0.4 is 9.64 Å². The van der Waals surface area contributed by atoms with Crippen LogP contribution in [0.1, 0.15) is 37.0 Å². The average molecular weight is 517 g/mol. The molecule has 1 aromatic heterocycles. The molecule has 188 valence electrons. The number of carbonyl (C=O) groups excluding carboxylic acids is 1. The van der Waals surface area contributed by atoms with Gasteiger partial charge in [0, 0.05) is 45.3 Å². The van der Waals surface area contributed by atoms with Gasteiger partial charge in [0.05, 0.1) is 21.7 Å². The quantitative estimate of drug-likeness (QED) is 0.426. The number of benzene rings is 2. The van der Waals surface area contributed by atoms with E-state index in [2.05, 4.69) is 4.90 Å². The summed E-state index contributed by atoms with van der Waals surface area (Å²) in [5.41, 5.74) is 1.44. The maximum absolute atomic E-state index is 13.0. The molecule has 3 aromatic rings. The molecule has 0 unspecified atom stereocenters. The number of hydrogen-bond acceptors (Lipinski definition) is 7. The minimum atomic E-state index is -3.55. The fraction of sp³-hybridized carbons (Fsp3) is 0.440. The van der Waals surface area contributed by atoms with Crippen LogP contribution in [0.25, 0.3) is 10.2 Å². The smallest absolute Gasteiger partial charge is 0.253 e. The van der Waals surface area contributed by atoms with E-state index in [0.717, 1.165) is 33.9 Å². The lowest BCUT2D eigenvalue weighted by atomic mass is 10.2. The van der Waals surface area contributed by atoms with Gasteiger partial charge in [-0.05, 0) is 55.8 Å². The summed E-state index contributed by atoms with van der Waals surface area (Å²) in [6.45, 7) is 7.65. The largest absolute Gasteiger partial charge is 0.494 e. The summed E-state index contributed by atoms with van der Waals surface area (Å²) >= 11 is 1.63. The Balaban J connectivity index is 1.38. The van der Waals surface area contributed by atoms with E-state index in [0.29, 0.717) is 44.9 Å². The maximum Gasteiger partial charge on any atom is 0.253 e. The van der Waals surface area contributed by atoms with Crippen molar-refractivity contribution in [3.05, 3.63) is 48.0 Å². The van der Waals surface area contributed by atoms with Crippen LogP contribution >= 0.6 is 11.3 Å². The van der Waals surface area contributed by atoms with E-state index in [4.69, 9.17) is 9.72 Å².